The fourth-order valence-electron chi connectivity index (χ4n) is 2.53. The Hall–Kier alpha value is -2.22. The number of carbonyl (C=O) groups is 1. The molecule has 0 radical (unpaired) electrons. The molecule has 0 aromatic carbocycles. The zero-order valence-electron chi connectivity index (χ0n) is 16.3. The number of hydrogen-bond donors (Lipinski definition) is 1. The standard InChI is InChI=1S/C18H29N5O3/c1-13(2)26-10-6-8-19-15(24)7-9-22-12-20-16-14(17(22)25)11-21-23(16)18(3,4)5/h11-13H,6-10H2,1-5H3,(H,19,24). The number of ether oxygens (including phenoxy) is 1. The average molecular weight is 363 g/mol. The molecule has 144 valence electrons. The van der Waals surface area contributed by atoms with E-state index in [1.807, 2.05) is 34.6 Å². The van der Waals surface area contributed by atoms with Crippen molar-refractivity contribution in [2.45, 2.75) is 65.6 Å². The van der Waals surface area contributed by atoms with E-state index in [0.717, 1.165) is 6.42 Å². The molecule has 2 aromatic rings. The van der Waals surface area contributed by atoms with Gasteiger partial charge in [-0.05, 0) is 41.0 Å². The fourth-order valence-corrected chi connectivity index (χ4v) is 2.53. The molecule has 0 atom stereocenters. The number of hydrogen-bond acceptors (Lipinski definition) is 5. The Morgan fingerprint density at radius 3 is 2.73 bits per heavy atom. The van der Waals surface area contributed by atoms with E-state index in [1.54, 1.807) is 10.9 Å². The Labute approximate surface area is 153 Å². The number of aryl methyl sites for hydroxylation is 1. The van der Waals surface area contributed by atoms with Gasteiger partial charge in [0.2, 0.25) is 5.91 Å². The van der Waals surface area contributed by atoms with Crippen LogP contribution in [-0.4, -0.2) is 44.5 Å². The van der Waals surface area contributed by atoms with Crippen LogP contribution in [0.25, 0.3) is 11.0 Å². The van der Waals surface area contributed by atoms with Crippen LogP contribution in [-0.2, 0) is 21.6 Å². The van der Waals surface area contributed by atoms with Crippen molar-refractivity contribution in [1.29, 1.82) is 0 Å². The molecule has 0 aliphatic rings. The molecule has 0 spiro atoms. The molecule has 8 heteroatoms. The second kappa shape index (κ2) is 8.44. The smallest absolute Gasteiger partial charge is 0.264 e. The number of fused-ring (bicyclic) bond motifs is 1. The Balaban J connectivity index is 1.92. The quantitative estimate of drug-likeness (QED) is 0.721. The van der Waals surface area contributed by atoms with Crippen LogP contribution in [0.4, 0.5) is 0 Å². The number of carbonyl (C=O) groups excluding carboxylic acids is 1. The molecule has 8 nitrogen and oxygen atoms in total. The summed E-state index contributed by atoms with van der Waals surface area (Å²) < 4.78 is 8.62. The van der Waals surface area contributed by atoms with Crippen LogP contribution in [0, 0.1) is 0 Å². The van der Waals surface area contributed by atoms with Gasteiger partial charge in [0.25, 0.3) is 5.56 Å². The van der Waals surface area contributed by atoms with Crippen molar-refractivity contribution in [3.8, 4) is 0 Å². The Kier molecular flexibility index (Phi) is 6.52. The highest BCUT2D eigenvalue weighted by molar-refractivity contribution is 5.76. The zero-order valence-corrected chi connectivity index (χ0v) is 16.3. The molecule has 0 bridgehead atoms. The van der Waals surface area contributed by atoms with Gasteiger partial charge in [0.1, 0.15) is 5.39 Å². The summed E-state index contributed by atoms with van der Waals surface area (Å²) in [6.45, 7) is 11.4. The Morgan fingerprint density at radius 2 is 2.08 bits per heavy atom. The van der Waals surface area contributed by atoms with Crippen molar-refractivity contribution in [2.75, 3.05) is 13.2 Å². The lowest BCUT2D eigenvalue weighted by molar-refractivity contribution is -0.121. The molecule has 0 saturated carbocycles. The molecule has 26 heavy (non-hydrogen) atoms. The van der Waals surface area contributed by atoms with Crippen LogP contribution in [0.3, 0.4) is 0 Å². The first-order valence-electron chi connectivity index (χ1n) is 9.02. The van der Waals surface area contributed by atoms with E-state index >= 15 is 0 Å². The first-order valence-corrected chi connectivity index (χ1v) is 9.02. The van der Waals surface area contributed by atoms with Crippen LogP contribution in [0.2, 0.25) is 0 Å². The maximum Gasteiger partial charge on any atom is 0.264 e. The normalized spacial score (nSPS) is 12.1. The first kappa shape index (κ1) is 20.1. The van der Waals surface area contributed by atoms with Crippen LogP contribution in [0.1, 0.15) is 47.5 Å². The summed E-state index contributed by atoms with van der Waals surface area (Å²) >= 11 is 0. The molecule has 1 N–H and O–H groups in total. The largest absolute Gasteiger partial charge is 0.379 e. The lowest BCUT2D eigenvalue weighted by Crippen LogP contribution is -2.29. The van der Waals surface area contributed by atoms with Gasteiger partial charge in [-0.3, -0.25) is 14.2 Å². The van der Waals surface area contributed by atoms with E-state index in [-0.39, 0.29) is 36.1 Å². The number of amides is 1. The van der Waals surface area contributed by atoms with Crippen molar-refractivity contribution in [2.24, 2.45) is 0 Å². The first-order chi connectivity index (χ1) is 12.2. The summed E-state index contributed by atoms with van der Waals surface area (Å²) in [4.78, 5) is 28.8. The van der Waals surface area contributed by atoms with Crippen LogP contribution in [0.15, 0.2) is 17.3 Å². The topological polar surface area (TPSA) is 91.0 Å². The molecule has 0 fully saturated rings. The van der Waals surface area contributed by atoms with E-state index in [2.05, 4.69) is 15.4 Å². The van der Waals surface area contributed by atoms with E-state index in [0.29, 0.717) is 24.2 Å². The lowest BCUT2D eigenvalue weighted by atomic mass is 10.1. The molecular weight excluding hydrogens is 334 g/mol. The minimum Gasteiger partial charge on any atom is -0.379 e. The van der Waals surface area contributed by atoms with E-state index in [4.69, 9.17) is 4.74 Å². The van der Waals surface area contributed by atoms with Crippen molar-refractivity contribution < 1.29 is 9.53 Å². The molecule has 0 aliphatic heterocycles. The Bertz CT molecular complexity index is 801. The van der Waals surface area contributed by atoms with Gasteiger partial charge in [-0.1, -0.05) is 0 Å². The molecule has 0 saturated heterocycles. The maximum absolute atomic E-state index is 12.6. The third-order valence-electron chi connectivity index (χ3n) is 3.86. The number of nitrogens with zero attached hydrogens (tertiary/aromatic N) is 4. The number of aromatic nitrogens is 4. The minimum atomic E-state index is -0.257. The van der Waals surface area contributed by atoms with Crippen molar-refractivity contribution >= 4 is 16.9 Å². The van der Waals surface area contributed by atoms with Crippen molar-refractivity contribution in [1.82, 2.24) is 24.6 Å². The second-order valence-electron chi connectivity index (χ2n) is 7.58. The van der Waals surface area contributed by atoms with Crippen molar-refractivity contribution in [3.63, 3.8) is 0 Å². The summed E-state index contributed by atoms with van der Waals surface area (Å²) in [6, 6.07) is 0. The zero-order chi connectivity index (χ0) is 19.3. The van der Waals surface area contributed by atoms with Gasteiger partial charge < -0.3 is 10.1 Å². The average Bonchev–Trinajstić information content (AvgIpc) is 2.98. The summed E-state index contributed by atoms with van der Waals surface area (Å²) in [6.07, 6.45) is 4.22. The molecule has 2 aromatic heterocycles. The molecular formula is C18H29N5O3. The number of rotatable bonds is 8. The third kappa shape index (κ3) is 5.14. The summed E-state index contributed by atoms with van der Waals surface area (Å²) in [5.74, 6) is -0.0908. The summed E-state index contributed by atoms with van der Waals surface area (Å²) in [5, 5.41) is 7.59. The Morgan fingerprint density at radius 1 is 1.35 bits per heavy atom. The van der Waals surface area contributed by atoms with E-state index in [1.165, 1.54) is 10.9 Å². The summed E-state index contributed by atoms with van der Waals surface area (Å²) in [7, 11) is 0. The monoisotopic (exact) mass is 363 g/mol. The van der Waals surface area contributed by atoms with Crippen LogP contribution < -0.4 is 10.9 Å². The van der Waals surface area contributed by atoms with Crippen molar-refractivity contribution in [3.05, 3.63) is 22.9 Å². The van der Waals surface area contributed by atoms with Gasteiger partial charge in [-0.15, -0.1) is 0 Å². The van der Waals surface area contributed by atoms with E-state index < -0.39 is 0 Å². The van der Waals surface area contributed by atoms with Gasteiger partial charge in [0.05, 0.1) is 24.2 Å². The maximum atomic E-state index is 12.6. The molecule has 0 unspecified atom stereocenters. The molecule has 2 heterocycles. The lowest BCUT2D eigenvalue weighted by Gasteiger charge is -2.19. The second-order valence-corrected chi connectivity index (χ2v) is 7.58. The SMILES string of the molecule is CC(C)OCCCNC(=O)CCn1cnc2c(cnn2C(C)(C)C)c1=O. The fraction of sp³-hybridized carbons (Fsp3) is 0.667. The van der Waals surface area contributed by atoms with Crippen LogP contribution in [0.5, 0.6) is 0 Å². The van der Waals surface area contributed by atoms with Gasteiger partial charge in [0, 0.05) is 26.1 Å². The third-order valence-corrected chi connectivity index (χ3v) is 3.86. The molecule has 0 aliphatic carbocycles. The highest BCUT2D eigenvalue weighted by Gasteiger charge is 2.19. The molecule has 2 rings (SSSR count). The van der Waals surface area contributed by atoms with Gasteiger partial charge in [-0.2, -0.15) is 5.10 Å². The molecule has 1 amide bonds. The van der Waals surface area contributed by atoms with Gasteiger partial charge in [0.15, 0.2) is 5.65 Å². The van der Waals surface area contributed by atoms with Crippen LogP contribution >= 0.6 is 0 Å². The minimum absolute atomic E-state index is 0.0908. The highest BCUT2D eigenvalue weighted by Crippen LogP contribution is 2.17. The summed E-state index contributed by atoms with van der Waals surface area (Å²) in [5.41, 5.74) is 0.129. The van der Waals surface area contributed by atoms with Gasteiger partial charge in [-0.25, -0.2) is 9.67 Å². The van der Waals surface area contributed by atoms with Gasteiger partial charge >= 0.3 is 0 Å². The number of nitrogens with one attached hydrogen (secondary N) is 1. The highest BCUT2D eigenvalue weighted by atomic mass is 16.5. The predicted molar refractivity (Wildman–Crippen MR) is 100 cm³/mol. The van der Waals surface area contributed by atoms with E-state index in [9.17, 15) is 9.59 Å². The predicted octanol–water partition coefficient (Wildman–Crippen LogP) is 1.67.